The predicted octanol–water partition coefficient (Wildman–Crippen LogP) is 3.57. The summed E-state index contributed by atoms with van der Waals surface area (Å²) in [5, 5.41) is 5.47. The van der Waals surface area contributed by atoms with Crippen LogP contribution in [0.3, 0.4) is 0 Å². The maximum Gasteiger partial charge on any atom is 0.266 e. The molecule has 0 atom stereocenters. The summed E-state index contributed by atoms with van der Waals surface area (Å²) < 4.78 is 25.6. The molecule has 0 unspecified atom stereocenters. The van der Waals surface area contributed by atoms with Gasteiger partial charge in [-0.15, -0.1) is 0 Å². The number of nitrogens with one attached hydrogen (secondary N) is 2. The standard InChI is InChI=1S/C19H21Cl2N3O5S/c1-11(2)22-18(25)12-5-7-14(20)16(9-12)23-19(26)13-6-8-15(21)17(10-13)30(27,28)24(3)29-4/h5-11H,1-4H3,(H,22,25)(H,23,26). The van der Waals surface area contributed by atoms with Crippen LogP contribution in [0.25, 0.3) is 0 Å². The molecule has 2 rings (SSSR count). The molecule has 0 bridgehead atoms. The first-order valence-electron chi connectivity index (χ1n) is 8.71. The second-order valence-corrected chi connectivity index (χ2v) is 9.24. The Morgan fingerprint density at radius 1 is 1.00 bits per heavy atom. The Kier molecular flexibility index (Phi) is 7.84. The van der Waals surface area contributed by atoms with Gasteiger partial charge >= 0.3 is 0 Å². The van der Waals surface area contributed by atoms with Gasteiger partial charge < -0.3 is 10.6 Å². The van der Waals surface area contributed by atoms with Crippen molar-refractivity contribution in [3.05, 3.63) is 57.6 Å². The summed E-state index contributed by atoms with van der Waals surface area (Å²) in [5.74, 6) is -0.953. The van der Waals surface area contributed by atoms with E-state index in [2.05, 4.69) is 10.6 Å². The summed E-state index contributed by atoms with van der Waals surface area (Å²) in [7, 11) is -1.68. The highest BCUT2D eigenvalue weighted by Crippen LogP contribution is 2.27. The predicted molar refractivity (Wildman–Crippen MR) is 115 cm³/mol. The van der Waals surface area contributed by atoms with Crippen molar-refractivity contribution < 1.29 is 22.8 Å². The second-order valence-electron chi connectivity index (χ2n) is 6.52. The van der Waals surface area contributed by atoms with E-state index in [4.69, 9.17) is 28.0 Å². The molecule has 30 heavy (non-hydrogen) atoms. The largest absolute Gasteiger partial charge is 0.350 e. The van der Waals surface area contributed by atoms with Gasteiger partial charge in [0.1, 0.15) is 4.90 Å². The van der Waals surface area contributed by atoms with Gasteiger partial charge in [-0.3, -0.25) is 14.4 Å². The average Bonchev–Trinajstić information content (AvgIpc) is 2.68. The topological polar surface area (TPSA) is 105 Å². The number of anilines is 1. The number of hydrogen-bond donors (Lipinski definition) is 2. The third-order valence-electron chi connectivity index (χ3n) is 3.96. The summed E-state index contributed by atoms with van der Waals surface area (Å²) in [6.45, 7) is 3.65. The number of carbonyl (C=O) groups excluding carboxylic acids is 2. The number of nitrogens with zero attached hydrogens (tertiary/aromatic N) is 1. The van der Waals surface area contributed by atoms with Gasteiger partial charge in [-0.25, -0.2) is 8.42 Å². The molecule has 162 valence electrons. The van der Waals surface area contributed by atoms with Crippen LogP contribution in [-0.2, 0) is 14.9 Å². The average molecular weight is 474 g/mol. The van der Waals surface area contributed by atoms with E-state index in [0.29, 0.717) is 10.0 Å². The highest BCUT2D eigenvalue weighted by molar-refractivity contribution is 7.89. The summed E-state index contributed by atoms with van der Waals surface area (Å²) in [6, 6.07) is 8.18. The normalized spacial score (nSPS) is 11.6. The van der Waals surface area contributed by atoms with E-state index >= 15 is 0 Å². The summed E-state index contributed by atoms with van der Waals surface area (Å²) in [6.07, 6.45) is 0. The first kappa shape index (κ1) is 24.1. The second kappa shape index (κ2) is 9.76. The number of sulfonamides is 1. The van der Waals surface area contributed by atoms with Gasteiger partial charge in [0.25, 0.3) is 21.8 Å². The number of hydroxylamine groups is 1. The number of carbonyl (C=O) groups is 2. The first-order valence-corrected chi connectivity index (χ1v) is 10.9. The number of benzene rings is 2. The third-order valence-corrected chi connectivity index (χ3v) is 6.45. The van der Waals surface area contributed by atoms with Crippen molar-refractivity contribution in [1.82, 2.24) is 9.79 Å². The molecule has 2 aromatic rings. The molecule has 0 saturated carbocycles. The van der Waals surface area contributed by atoms with Crippen LogP contribution in [0, 0.1) is 0 Å². The molecular formula is C19H21Cl2N3O5S. The zero-order valence-corrected chi connectivity index (χ0v) is 19.0. The Hall–Kier alpha value is -2.17. The molecule has 2 N–H and O–H groups in total. The highest BCUT2D eigenvalue weighted by atomic mass is 35.5. The minimum absolute atomic E-state index is 0.0237. The Bertz CT molecular complexity index is 1070. The summed E-state index contributed by atoms with van der Waals surface area (Å²) in [4.78, 5) is 29.3. The van der Waals surface area contributed by atoms with Crippen molar-refractivity contribution in [3.8, 4) is 0 Å². The van der Waals surface area contributed by atoms with Crippen molar-refractivity contribution >= 4 is 50.7 Å². The lowest BCUT2D eigenvalue weighted by Crippen LogP contribution is -2.30. The van der Waals surface area contributed by atoms with E-state index in [-0.39, 0.29) is 38.1 Å². The van der Waals surface area contributed by atoms with Crippen molar-refractivity contribution in [1.29, 1.82) is 0 Å². The Morgan fingerprint density at radius 2 is 1.57 bits per heavy atom. The van der Waals surface area contributed by atoms with Gasteiger partial charge in [0.2, 0.25) is 0 Å². The van der Waals surface area contributed by atoms with Crippen molar-refractivity contribution in [2.24, 2.45) is 0 Å². The minimum Gasteiger partial charge on any atom is -0.350 e. The molecule has 2 aromatic carbocycles. The molecule has 0 aliphatic carbocycles. The van der Waals surface area contributed by atoms with Gasteiger partial charge in [0, 0.05) is 24.2 Å². The highest BCUT2D eigenvalue weighted by Gasteiger charge is 2.25. The van der Waals surface area contributed by atoms with Crippen molar-refractivity contribution in [2.45, 2.75) is 24.8 Å². The molecule has 0 radical (unpaired) electrons. The SMILES string of the molecule is CON(C)S(=O)(=O)c1cc(C(=O)Nc2cc(C(=O)NC(C)C)ccc2Cl)ccc1Cl. The summed E-state index contributed by atoms with van der Waals surface area (Å²) in [5.41, 5.74) is 0.534. The quantitative estimate of drug-likeness (QED) is 0.597. The van der Waals surface area contributed by atoms with E-state index in [0.717, 1.165) is 6.07 Å². The van der Waals surface area contributed by atoms with Crippen LogP contribution in [0.1, 0.15) is 34.6 Å². The Labute approximate surface area is 185 Å². The van der Waals surface area contributed by atoms with Gasteiger partial charge in [-0.1, -0.05) is 27.7 Å². The molecule has 0 aromatic heterocycles. The Morgan fingerprint density at radius 3 is 2.13 bits per heavy atom. The van der Waals surface area contributed by atoms with Crippen LogP contribution in [0.5, 0.6) is 0 Å². The van der Waals surface area contributed by atoms with Crippen LogP contribution in [0.4, 0.5) is 5.69 Å². The van der Waals surface area contributed by atoms with Gasteiger partial charge in [0.15, 0.2) is 0 Å². The van der Waals surface area contributed by atoms with E-state index in [9.17, 15) is 18.0 Å². The molecule has 0 aliphatic rings. The molecular weight excluding hydrogens is 453 g/mol. The third kappa shape index (κ3) is 5.50. The van der Waals surface area contributed by atoms with Crippen molar-refractivity contribution in [2.75, 3.05) is 19.5 Å². The lowest BCUT2D eigenvalue weighted by molar-refractivity contribution is -0.0258. The lowest BCUT2D eigenvalue weighted by atomic mass is 10.1. The fraction of sp³-hybridized carbons (Fsp3) is 0.263. The number of halogens is 2. The molecule has 0 saturated heterocycles. The number of rotatable bonds is 7. The molecule has 0 spiro atoms. The Balaban J connectivity index is 2.35. The van der Waals surface area contributed by atoms with E-state index < -0.39 is 15.9 Å². The van der Waals surface area contributed by atoms with E-state index in [1.54, 1.807) is 0 Å². The first-order chi connectivity index (χ1) is 14.0. The van der Waals surface area contributed by atoms with Gasteiger partial charge in [-0.2, -0.15) is 0 Å². The zero-order chi connectivity index (χ0) is 22.6. The maximum atomic E-state index is 12.7. The lowest BCUT2D eigenvalue weighted by Gasteiger charge is -2.16. The fourth-order valence-electron chi connectivity index (χ4n) is 2.38. The minimum atomic E-state index is -4.07. The van der Waals surface area contributed by atoms with Crippen molar-refractivity contribution in [3.63, 3.8) is 0 Å². The molecule has 0 aliphatic heterocycles. The monoisotopic (exact) mass is 473 g/mol. The molecule has 11 heteroatoms. The summed E-state index contributed by atoms with van der Waals surface area (Å²) >= 11 is 12.2. The van der Waals surface area contributed by atoms with Gasteiger partial charge in [-0.05, 0) is 50.2 Å². The zero-order valence-electron chi connectivity index (χ0n) is 16.7. The molecule has 2 amide bonds. The number of amides is 2. The van der Waals surface area contributed by atoms with Crippen LogP contribution in [0.2, 0.25) is 10.0 Å². The van der Waals surface area contributed by atoms with Crippen LogP contribution in [0.15, 0.2) is 41.3 Å². The maximum absolute atomic E-state index is 12.7. The van der Waals surface area contributed by atoms with Gasteiger partial charge in [0.05, 0.1) is 22.8 Å². The fourth-order valence-corrected chi connectivity index (χ4v) is 4.02. The number of hydrogen-bond acceptors (Lipinski definition) is 5. The molecule has 0 heterocycles. The molecule has 0 fully saturated rings. The van der Waals surface area contributed by atoms with Crippen LogP contribution < -0.4 is 10.6 Å². The van der Waals surface area contributed by atoms with Crippen LogP contribution >= 0.6 is 23.2 Å². The van der Waals surface area contributed by atoms with E-state index in [1.807, 2.05) is 13.8 Å². The van der Waals surface area contributed by atoms with Crippen LogP contribution in [-0.4, -0.2) is 44.9 Å². The molecule has 8 nitrogen and oxygen atoms in total. The van der Waals surface area contributed by atoms with E-state index in [1.165, 1.54) is 44.5 Å². The smallest absolute Gasteiger partial charge is 0.266 e.